The molecule has 1 aliphatic heterocycles. The molecule has 1 aromatic rings. The highest BCUT2D eigenvalue weighted by molar-refractivity contribution is 5.74. The molecule has 0 unspecified atom stereocenters. The second-order valence-corrected chi connectivity index (χ2v) is 6.82. The van der Waals surface area contributed by atoms with Crippen LogP contribution in [0, 0.1) is 5.92 Å². The van der Waals surface area contributed by atoms with Crippen LogP contribution in [-0.2, 0) is 28.9 Å². The summed E-state index contributed by atoms with van der Waals surface area (Å²) in [5.41, 5.74) is 2.73. The molecule has 1 aliphatic rings. The SMILES string of the molecule is CC(C)Cc1cc2c(n1C(=O)OC(C)(C)C)CCOC2. The van der Waals surface area contributed by atoms with E-state index in [0.29, 0.717) is 19.1 Å². The van der Waals surface area contributed by atoms with E-state index in [9.17, 15) is 4.79 Å². The summed E-state index contributed by atoms with van der Waals surface area (Å²) in [6, 6.07) is 2.10. The van der Waals surface area contributed by atoms with E-state index in [0.717, 1.165) is 29.8 Å². The first-order valence-electron chi connectivity index (χ1n) is 7.31. The number of hydrogen-bond acceptors (Lipinski definition) is 3. The van der Waals surface area contributed by atoms with Crippen molar-refractivity contribution in [3.05, 3.63) is 23.0 Å². The van der Waals surface area contributed by atoms with Gasteiger partial charge in [-0.25, -0.2) is 4.79 Å². The summed E-state index contributed by atoms with van der Waals surface area (Å²) < 4.78 is 12.8. The number of aromatic nitrogens is 1. The average Bonchev–Trinajstić information content (AvgIpc) is 2.63. The topological polar surface area (TPSA) is 40.5 Å². The van der Waals surface area contributed by atoms with Crippen molar-refractivity contribution in [2.75, 3.05) is 6.61 Å². The van der Waals surface area contributed by atoms with Crippen LogP contribution in [0.2, 0.25) is 0 Å². The van der Waals surface area contributed by atoms with E-state index in [1.54, 1.807) is 4.57 Å². The smallest absolute Gasteiger partial charge is 0.418 e. The van der Waals surface area contributed by atoms with Crippen molar-refractivity contribution in [2.45, 2.75) is 59.7 Å². The predicted molar refractivity (Wildman–Crippen MR) is 78.0 cm³/mol. The molecule has 0 bridgehead atoms. The first kappa shape index (κ1) is 15.1. The van der Waals surface area contributed by atoms with Gasteiger partial charge in [-0.2, -0.15) is 0 Å². The molecule has 1 aromatic heterocycles. The molecule has 0 N–H and O–H groups in total. The van der Waals surface area contributed by atoms with Gasteiger partial charge in [-0.1, -0.05) is 13.8 Å². The van der Waals surface area contributed by atoms with Crippen LogP contribution < -0.4 is 0 Å². The summed E-state index contributed by atoms with van der Waals surface area (Å²) in [7, 11) is 0. The van der Waals surface area contributed by atoms with E-state index in [1.165, 1.54) is 0 Å². The Balaban J connectivity index is 2.37. The highest BCUT2D eigenvalue weighted by atomic mass is 16.6. The molecule has 2 heterocycles. The zero-order chi connectivity index (χ0) is 14.9. The highest BCUT2D eigenvalue weighted by Crippen LogP contribution is 2.25. The number of hydrogen-bond donors (Lipinski definition) is 0. The van der Waals surface area contributed by atoms with Crippen LogP contribution in [0.5, 0.6) is 0 Å². The molecule has 4 nitrogen and oxygen atoms in total. The maximum absolute atomic E-state index is 12.5. The summed E-state index contributed by atoms with van der Waals surface area (Å²) in [5, 5.41) is 0. The molecular formula is C16H25NO3. The third kappa shape index (κ3) is 3.42. The van der Waals surface area contributed by atoms with Crippen LogP contribution in [0.3, 0.4) is 0 Å². The van der Waals surface area contributed by atoms with E-state index in [2.05, 4.69) is 19.9 Å². The first-order valence-corrected chi connectivity index (χ1v) is 7.31. The summed E-state index contributed by atoms with van der Waals surface area (Å²) in [5.74, 6) is 0.494. The Bertz CT molecular complexity index is 495. The number of rotatable bonds is 2. The number of carbonyl (C=O) groups is 1. The summed E-state index contributed by atoms with van der Waals surface area (Å²) in [6.07, 6.45) is 1.37. The molecular weight excluding hydrogens is 254 g/mol. The Labute approximate surface area is 121 Å². The number of fused-ring (bicyclic) bond motifs is 1. The molecule has 0 atom stereocenters. The van der Waals surface area contributed by atoms with E-state index in [1.807, 2.05) is 20.8 Å². The van der Waals surface area contributed by atoms with E-state index in [4.69, 9.17) is 9.47 Å². The predicted octanol–water partition coefficient (Wildman–Crippen LogP) is 3.54. The molecule has 0 saturated heterocycles. The monoisotopic (exact) mass is 279 g/mol. The fourth-order valence-corrected chi connectivity index (χ4v) is 2.52. The second kappa shape index (κ2) is 5.60. The van der Waals surface area contributed by atoms with Crippen molar-refractivity contribution < 1.29 is 14.3 Å². The van der Waals surface area contributed by atoms with Gasteiger partial charge in [0, 0.05) is 17.8 Å². The molecule has 112 valence electrons. The molecule has 0 radical (unpaired) electrons. The Kier molecular flexibility index (Phi) is 4.23. The Morgan fingerprint density at radius 2 is 2.15 bits per heavy atom. The van der Waals surface area contributed by atoms with Gasteiger partial charge in [0.05, 0.1) is 13.2 Å². The molecule has 20 heavy (non-hydrogen) atoms. The van der Waals surface area contributed by atoms with Gasteiger partial charge in [0.15, 0.2) is 0 Å². The fraction of sp³-hybridized carbons (Fsp3) is 0.688. The molecule has 0 saturated carbocycles. The summed E-state index contributed by atoms with van der Waals surface area (Å²) >= 11 is 0. The maximum atomic E-state index is 12.5. The second-order valence-electron chi connectivity index (χ2n) is 6.82. The lowest BCUT2D eigenvalue weighted by Crippen LogP contribution is -2.30. The van der Waals surface area contributed by atoms with Crippen molar-refractivity contribution in [2.24, 2.45) is 5.92 Å². The van der Waals surface area contributed by atoms with Gasteiger partial charge in [0.2, 0.25) is 0 Å². The molecule has 2 rings (SSSR count). The molecule has 0 aromatic carbocycles. The van der Waals surface area contributed by atoms with Gasteiger partial charge in [-0.3, -0.25) is 4.57 Å². The zero-order valence-electron chi connectivity index (χ0n) is 13.2. The lowest BCUT2D eigenvalue weighted by molar-refractivity contribution is 0.0517. The van der Waals surface area contributed by atoms with Crippen molar-refractivity contribution in [3.63, 3.8) is 0 Å². The first-order chi connectivity index (χ1) is 9.28. The van der Waals surface area contributed by atoms with Gasteiger partial charge >= 0.3 is 6.09 Å². The van der Waals surface area contributed by atoms with Gasteiger partial charge in [0.25, 0.3) is 0 Å². The maximum Gasteiger partial charge on any atom is 0.418 e. The van der Waals surface area contributed by atoms with Gasteiger partial charge < -0.3 is 9.47 Å². The molecule has 0 amide bonds. The van der Waals surface area contributed by atoms with Crippen LogP contribution in [0.1, 0.15) is 51.6 Å². The third-order valence-corrected chi connectivity index (χ3v) is 3.20. The Morgan fingerprint density at radius 1 is 1.45 bits per heavy atom. The molecule has 0 aliphatic carbocycles. The minimum Gasteiger partial charge on any atom is -0.443 e. The van der Waals surface area contributed by atoms with E-state index >= 15 is 0 Å². The van der Waals surface area contributed by atoms with Crippen LogP contribution in [0.25, 0.3) is 0 Å². The quantitative estimate of drug-likeness (QED) is 0.831. The summed E-state index contributed by atoms with van der Waals surface area (Å²) in [4.78, 5) is 12.5. The molecule has 0 fully saturated rings. The number of ether oxygens (including phenoxy) is 2. The van der Waals surface area contributed by atoms with E-state index < -0.39 is 5.60 Å². The highest BCUT2D eigenvalue weighted by Gasteiger charge is 2.26. The minimum absolute atomic E-state index is 0.267. The average molecular weight is 279 g/mol. The third-order valence-electron chi connectivity index (χ3n) is 3.20. The van der Waals surface area contributed by atoms with Crippen LogP contribution in [0.15, 0.2) is 6.07 Å². The van der Waals surface area contributed by atoms with E-state index in [-0.39, 0.29) is 6.09 Å². The van der Waals surface area contributed by atoms with Gasteiger partial charge in [-0.05, 0) is 44.7 Å². The van der Waals surface area contributed by atoms with Crippen molar-refractivity contribution in [1.29, 1.82) is 0 Å². The lowest BCUT2D eigenvalue weighted by atomic mass is 10.1. The Morgan fingerprint density at radius 3 is 2.75 bits per heavy atom. The lowest BCUT2D eigenvalue weighted by Gasteiger charge is -2.23. The van der Waals surface area contributed by atoms with Gasteiger partial charge in [0.1, 0.15) is 5.60 Å². The minimum atomic E-state index is -0.478. The zero-order valence-corrected chi connectivity index (χ0v) is 13.2. The number of carbonyl (C=O) groups excluding carboxylic acids is 1. The van der Waals surface area contributed by atoms with Crippen LogP contribution in [-0.4, -0.2) is 22.9 Å². The molecule has 0 spiro atoms. The molecule has 4 heteroatoms. The van der Waals surface area contributed by atoms with Crippen LogP contribution >= 0.6 is 0 Å². The fourth-order valence-electron chi connectivity index (χ4n) is 2.52. The normalized spacial score (nSPS) is 15.3. The standard InChI is InChI=1S/C16H25NO3/c1-11(2)8-13-9-12-10-19-7-6-14(12)17(13)15(18)20-16(3,4)5/h9,11H,6-8,10H2,1-5H3. The van der Waals surface area contributed by atoms with Gasteiger partial charge in [-0.15, -0.1) is 0 Å². The van der Waals surface area contributed by atoms with Crippen molar-refractivity contribution >= 4 is 6.09 Å². The van der Waals surface area contributed by atoms with Crippen LogP contribution in [0.4, 0.5) is 4.79 Å². The number of nitrogens with zero attached hydrogens (tertiary/aromatic N) is 1. The largest absolute Gasteiger partial charge is 0.443 e. The van der Waals surface area contributed by atoms with Crippen molar-refractivity contribution in [3.8, 4) is 0 Å². The summed E-state index contributed by atoms with van der Waals surface area (Å²) in [6.45, 7) is 11.3. The van der Waals surface area contributed by atoms with Crippen molar-refractivity contribution in [1.82, 2.24) is 4.57 Å². The Hall–Kier alpha value is -1.29.